The monoisotopic (exact) mass is 322 g/mol. The highest BCUT2D eigenvalue weighted by molar-refractivity contribution is 7.13. The van der Waals surface area contributed by atoms with Crippen molar-refractivity contribution in [3.05, 3.63) is 48.2 Å². The highest BCUT2D eigenvalue weighted by Gasteiger charge is 2.17. The number of aromatic nitrogens is 3. The second kappa shape index (κ2) is 6.46. The average molecular weight is 322 g/mol. The molecule has 0 aromatic carbocycles. The van der Waals surface area contributed by atoms with Crippen LogP contribution in [0.2, 0.25) is 0 Å². The van der Waals surface area contributed by atoms with Gasteiger partial charge in [0.2, 0.25) is 5.95 Å². The highest BCUT2D eigenvalue weighted by atomic mass is 32.1. The predicted octanol–water partition coefficient (Wildman–Crippen LogP) is 4.26. The topological polar surface area (TPSA) is 41.9 Å². The summed E-state index contributed by atoms with van der Waals surface area (Å²) in [5, 5.41) is 2.08. The first kappa shape index (κ1) is 14.3. The van der Waals surface area contributed by atoms with Crippen molar-refractivity contribution in [2.24, 2.45) is 0 Å². The zero-order chi connectivity index (χ0) is 15.5. The molecule has 1 fully saturated rings. The lowest BCUT2D eigenvalue weighted by Gasteiger charge is -2.27. The molecule has 4 heterocycles. The Morgan fingerprint density at radius 1 is 1.00 bits per heavy atom. The molecule has 1 aliphatic rings. The van der Waals surface area contributed by atoms with Crippen LogP contribution >= 0.6 is 11.3 Å². The number of piperidine rings is 1. The molecule has 0 saturated carbocycles. The van der Waals surface area contributed by atoms with E-state index in [1.807, 2.05) is 18.5 Å². The summed E-state index contributed by atoms with van der Waals surface area (Å²) in [6.07, 6.45) is 9.38. The largest absolute Gasteiger partial charge is 0.341 e. The van der Waals surface area contributed by atoms with Gasteiger partial charge in [-0.2, -0.15) is 0 Å². The number of hydrogen-bond acceptors (Lipinski definition) is 5. The fourth-order valence-corrected chi connectivity index (χ4v) is 3.69. The molecule has 0 radical (unpaired) electrons. The minimum atomic E-state index is 0.837. The molecular weight excluding hydrogens is 304 g/mol. The molecule has 3 aromatic heterocycles. The molecule has 1 aliphatic heterocycles. The third-order valence-corrected chi connectivity index (χ3v) is 5.04. The normalized spacial score (nSPS) is 14.9. The molecule has 0 atom stereocenters. The third-order valence-electron chi connectivity index (χ3n) is 4.14. The molecular formula is C18H18N4S. The molecule has 1 saturated heterocycles. The molecule has 116 valence electrons. The standard InChI is InChI=1S/C18H18N4S/c1-2-9-22(10-3-1)18-20-13-15(16-7-5-11-23-16)17(21-18)14-6-4-8-19-12-14/h4-8,11-13H,1-3,9-10H2. The Bertz CT molecular complexity index is 765. The smallest absolute Gasteiger partial charge is 0.225 e. The molecule has 0 bridgehead atoms. The van der Waals surface area contributed by atoms with Gasteiger partial charge in [-0.1, -0.05) is 6.07 Å². The molecule has 0 amide bonds. The summed E-state index contributed by atoms with van der Waals surface area (Å²) in [4.78, 5) is 17.3. The first-order valence-electron chi connectivity index (χ1n) is 7.98. The number of hydrogen-bond donors (Lipinski definition) is 0. The van der Waals surface area contributed by atoms with E-state index in [2.05, 4.69) is 38.4 Å². The van der Waals surface area contributed by atoms with Crippen LogP contribution in [-0.2, 0) is 0 Å². The second-order valence-corrected chi connectivity index (χ2v) is 6.65. The molecule has 5 heteroatoms. The first-order chi connectivity index (χ1) is 11.4. The lowest BCUT2D eigenvalue weighted by Crippen LogP contribution is -2.31. The van der Waals surface area contributed by atoms with Gasteiger partial charge in [-0.3, -0.25) is 4.98 Å². The van der Waals surface area contributed by atoms with E-state index in [0.717, 1.165) is 35.9 Å². The minimum Gasteiger partial charge on any atom is -0.341 e. The summed E-state index contributed by atoms with van der Waals surface area (Å²) in [6, 6.07) is 8.19. The van der Waals surface area contributed by atoms with Crippen LogP contribution in [0.3, 0.4) is 0 Å². The van der Waals surface area contributed by atoms with E-state index in [1.54, 1.807) is 17.5 Å². The van der Waals surface area contributed by atoms with Gasteiger partial charge in [0.15, 0.2) is 0 Å². The van der Waals surface area contributed by atoms with Crippen LogP contribution in [0.1, 0.15) is 19.3 Å². The van der Waals surface area contributed by atoms with E-state index >= 15 is 0 Å². The van der Waals surface area contributed by atoms with Crippen molar-refractivity contribution < 1.29 is 0 Å². The van der Waals surface area contributed by atoms with E-state index in [4.69, 9.17) is 4.98 Å². The van der Waals surface area contributed by atoms with E-state index < -0.39 is 0 Å². The van der Waals surface area contributed by atoms with Crippen LogP contribution in [0.25, 0.3) is 21.7 Å². The Hall–Kier alpha value is -2.27. The number of anilines is 1. The van der Waals surface area contributed by atoms with Crippen molar-refractivity contribution in [3.8, 4) is 21.7 Å². The highest BCUT2D eigenvalue weighted by Crippen LogP contribution is 2.33. The summed E-state index contributed by atoms with van der Waals surface area (Å²) in [6.45, 7) is 2.09. The predicted molar refractivity (Wildman–Crippen MR) is 94.6 cm³/mol. The van der Waals surface area contributed by atoms with Gasteiger partial charge in [0.05, 0.1) is 5.69 Å². The zero-order valence-electron chi connectivity index (χ0n) is 12.9. The molecule has 4 nitrogen and oxygen atoms in total. The van der Waals surface area contributed by atoms with Gasteiger partial charge in [-0.25, -0.2) is 9.97 Å². The SMILES string of the molecule is c1cncc(-c2nc(N3CCCCC3)ncc2-c2cccs2)c1. The van der Waals surface area contributed by atoms with Crippen molar-refractivity contribution in [2.75, 3.05) is 18.0 Å². The van der Waals surface area contributed by atoms with Crippen LogP contribution in [0.4, 0.5) is 5.95 Å². The minimum absolute atomic E-state index is 0.837. The van der Waals surface area contributed by atoms with Crippen molar-refractivity contribution in [1.29, 1.82) is 0 Å². The lowest BCUT2D eigenvalue weighted by atomic mass is 10.1. The van der Waals surface area contributed by atoms with Gasteiger partial charge >= 0.3 is 0 Å². The van der Waals surface area contributed by atoms with Crippen LogP contribution in [0, 0.1) is 0 Å². The van der Waals surface area contributed by atoms with Crippen molar-refractivity contribution >= 4 is 17.3 Å². The van der Waals surface area contributed by atoms with E-state index in [-0.39, 0.29) is 0 Å². The van der Waals surface area contributed by atoms with E-state index in [1.165, 1.54) is 24.1 Å². The Kier molecular flexibility index (Phi) is 4.03. The second-order valence-electron chi connectivity index (χ2n) is 5.70. The van der Waals surface area contributed by atoms with E-state index in [0.29, 0.717) is 0 Å². The van der Waals surface area contributed by atoms with Gasteiger partial charge in [0.1, 0.15) is 0 Å². The first-order valence-corrected chi connectivity index (χ1v) is 8.86. The molecule has 0 N–H and O–H groups in total. The van der Waals surface area contributed by atoms with E-state index in [9.17, 15) is 0 Å². The Morgan fingerprint density at radius 3 is 2.65 bits per heavy atom. The Labute approximate surface area is 139 Å². The average Bonchev–Trinajstić information content (AvgIpc) is 3.17. The van der Waals surface area contributed by atoms with Crippen molar-refractivity contribution in [2.45, 2.75) is 19.3 Å². The zero-order valence-corrected chi connectivity index (χ0v) is 13.7. The summed E-state index contributed by atoms with van der Waals surface area (Å²) in [7, 11) is 0. The Balaban J connectivity index is 1.81. The maximum absolute atomic E-state index is 4.90. The molecule has 0 aliphatic carbocycles. The Morgan fingerprint density at radius 2 is 1.91 bits per heavy atom. The molecule has 0 unspecified atom stereocenters. The van der Waals surface area contributed by atoms with Crippen LogP contribution in [-0.4, -0.2) is 28.0 Å². The molecule has 23 heavy (non-hydrogen) atoms. The summed E-state index contributed by atoms with van der Waals surface area (Å²) >= 11 is 1.71. The summed E-state index contributed by atoms with van der Waals surface area (Å²) in [5.41, 5.74) is 3.08. The van der Waals surface area contributed by atoms with Crippen LogP contribution in [0.5, 0.6) is 0 Å². The van der Waals surface area contributed by atoms with Gasteiger partial charge in [0, 0.05) is 47.7 Å². The number of pyridine rings is 1. The quantitative estimate of drug-likeness (QED) is 0.722. The maximum Gasteiger partial charge on any atom is 0.225 e. The summed E-state index contributed by atoms with van der Waals surface area (Å²) in [5.74, 6) is 0.837. The number of thiophene rings is 1. The molecule has 3 aromatic rings. The molecule has 0 spiro atoms. The van der Waals surface area contributed by atoms with Crippen molar-refractivity contribution in [3.63, 3.8) is 0 Å². The number of rotatable bonds is 3. The van der Waals surface area contributed by atoms with Crippen LogP contribution < -0.4 is 4.90 Å². The maximum atomic E-state index is 4.90. The van der Waals surface area contributed by atoms with Crippen LogP contribution in [0.15, 0.2) is 48.2 Å². The molecule has 4 rings (SSSR count). The number of nitrogens with zero attached hydrogens (tertiary/aromatic N) is 4. The lowest BCUT2D eigenvalue weighted by molar-refractivity contribution is 0.568. The van der Waals surface area contributed by atoms with Gasteiger partial charge < -0.3 is 4.90 Å². The summed E-state index contributed by atoms with van der Waals surface area (Å²) < 4.78 is 0. The fraction of sp³-hybridized carbons (Fsp3) is 0.278. The van der Waals surface area contributed by atoms with Gasteiger partial charge in [0.25, 0.3) is 0 Å². The van der Waals surface area contributed by atoms with Crippen molar-refractivity contribution in [1.82, 2.24) is 15.0 Å². The fourth-order valence-electron chi connectivity index (χ4n) is 2.95. The third kappa shape index (κ3) is 2.97. The van der Waals surface area contributed by atoms with Gasteiger partial charge in [-0.15, -0.1) is 11.3 Å². The van der Waals surface area contributed by atoms with Gasteiger partial charge in [-0.05, 0) is 42.8 Å².